The molecule has 0 fully saturated rings. The lowest BCUT2D eigenvalue weighted by atomic mass is 10.2. The van der Waals surface area contributed by atoms with Gasteiger partial charge in [-0.25, -0.2) is 0 Å². The first-order valence-electron chi connectivity index (χ1n) is 9.15. The third-order valence-corrected chi connectivity index (χ3v) is 5.73. The lowest BCUT2D eigenvalue weighted by molar-refractivity contribution is 0.0775. The van der Waals surface area contributed by atoms with Gasteiger partial charge in [0, 0.05) is 19.2 Å². The van der Waals surface area contributed by atoms with Crippen molar-refractivity contribution in [2.24, 2.45) is 0 Å². The molecule has 2 aromatic carbocycles. The van der Waals surface area contributed by atoms with E-state index in [2.05, 4.69) is 16.0 Å². The first kappa shape index (κ1) is 18.3. The maximum Gasteiger partial charge on any atom is 0.270 e. The number of para-hydroxylation sites is 1. The number of rotatable bonds is 6. The van der Waals surface area contributed by atoms with E-state index < -0.39 is 0 Å². The SMILES string of the molecule is COc1ccccc1Cn1c(C(=O)N(C)Cc2ccccc2)cc2sccc21. The van der Waals surface area contributed by atoms with Crippen molar-refractivity contribution >= 4 is 27.5 Å². The fourth-order valence-electron chi connectivity index (χ4n) is 3.45. The second kappa shape index (κ2) is 7.90. The molecule has 1 amide bonds. The average molecular weight is 391 g/mol. The van der Waals surface area contributed by atoms with Gasteiger partial charge in [-0.1, -0.05) is 48.5 Å². The van der Waals surface area contributed by atoms with Gasteiger partial charge in [0.2, 0.25) is 0 Å². The zero-order chi connectivity index (χ0) is 19.5. The lowest BCUT2D eigenvalue weighted by Crippen LogP contribution is -2.28. The Morgan fingerprint density at radius 3 is 2.61 bits per heavy atom. The first-order chi connectivity index (χ1) is 13.7. The fraction of sp³-hybridized carbons (Fsp3) is 0.174. The largest absolute Gasteiger partial charge is 0.496 e. The summed E-state index contributed by atoms with van der Waals surface area (Å²) in [6.07, 6.45) is 0. The van der Waals surface area contributed by atoms with Crippen LogP contribution in [0.1, 0.15) is 21.6 Å². The summed E-state index contributed by atoms with van der Waals surface area (Å²) in [5.41, 5.74) is 3.94. The Hall–Kier alpha value is -3.05. The van der Waals surface area contributed by atoms with E-state index in [0.717, 1.165) is 27.1 Å². The summed E-state index contributed by atoms with van der Waals surface area (Å²) in [7, 11) is 3.53. The average Bonchev–Trinajstić information content (AvgIpc) is 3.31. The highest BCUT2D eigenvalue weighted by Gasteiger charge is 2.20. The van der Waals surface area contributed by atoms with Crippen molar-refractivity contribution in [3.63, 3.8) is 0 Å². The van der Waals surface area contributed by atoms with Gasteiger partial charge in [0.05, 0.1) is 23.9 Å². The van der Waals surface area contributed by atoms with Gasteiger partial charge in [0.15, 0.2) is 0 Å². The Morgan fingerprint density at radius 2 is 1.82 bits per heavy atom. The van der Waals surface area contributed by atoms with Crippen molar-refractivity contribution in [1.82, 2.24) is 9.47 Å². The molecule has 5 heteroatoms. The molecule has 2 heterocycles. The summed E-state index contributed by atoms with van der Waals surface area (Å²) in [6, 6.07) is 22.1. The Labute approximate surface area is 168 Å². The monoisotopic (exact) mass is 390 g/mol. The van der Waals surface area contributed by atoms with Crippen LogP contribution in [0.3, 0.4) is 0 Å². The van der Waals surface area contributed by atoms with Crippen molar-refractivity contribution in [2.75, 3.05) is 14.2 Å². The van der Waals surface area contributed by atoms with Crippen molar-refractivity contribution in [2.45, 2.75) is 13.1 Å². The van der Waals surface area contributed by atoms with Crippen molar-refractivity contribution in [1.29, 1.82) is 0 Å². The van der Waals surface area contributed by atoms with Crippen LogP contribution in [0, 0.1) is 0 Å². The van der Waals surface area contributed by atoms with Gasteiger partial charge in [-0.05, 0) is 29.1 Å². The van der Waals surface area contributed by atoms with Gasteiger partial charge in [0.25, 0.3) is 5.91 Å². The Balaban J connectivity index is 1.68. The highest BCUT2D eigenvalue weighted by molar-refractivity contribution is 7.17. The number of methoxy groups -OCH3 is 1. The zero-order valence-electron chi connectivity index (χ0n) is 16.0. The molecule has 0 aliphatic rings. The van der Waals surface area contributed by atoms with E-state index in [1.165, 1.54) is 0 Å². The van der Waals surface area contributed by atoms with E-state index in [-0.39, 0.29) is 5.91 Å². The van der Waals surface area contributed by atoms with Gasteiger partial charge in [-0.2, -0.15) is 0 Å². The smallest absolute Gasteiger partial charge is 0.270 e. The second-order valence-corrected chi connectivity index (χ2v) is 7.69. The molecule has 0 bridgehead atoms. The minimum atomic E-state index is 0.0159. The number of thiophene rings is 1. The van der Waals surface area contributed by atoms with E-state index >= 15 is 0 Å². The van der Waals surface area contributed by atoms with Crippen LogP contribution in [0.25, 0.3) is 10.2 Å². The van der Waals surface area contributed by atoms with E-state index in [1.807, 2.05) is 67.7 Å². The molecular weight excluding hydrogens is 368 g/mol. The second-order valence-electron chi connectivity index (χ2n) is 6.74. The number of carbonyl (C=O) groups excluding carboxylic acids is 1. The van der Waals surface area contributed by atoms with Gasteiger partial charge in [-0.3, -0.25) is 4.79 Å². The molecule has 0 saturated carbocycles. The normalized spacial score (nSPS) is 10.9. The van der Waals surface area contributed by atoms with Crippen LogP contribution in [-0.2, 0) is 13.1 Å². The molecule has 0 N–H and O–H groups in total. The minimum Gasteiger partial charge on any atom is -0.496 e. The van der Waals surface area contributed by atoms with Crippen LogP contribution >= 0.6 is 11.3 Å². The molecule has 0 aliphatic carbocycles. The number of carbonyl (C=O) groups is 1. The lowest BCUT2D eigenvalue weighted by Gasteiger charge is -2.19. The van der Waals surface area contributed by atoms with Crippen LogP contribution in [0.4, 0.5) is 0 Å². The highest BCUT2D eigenvalue weighted by atomic mass is 32.1. The Morgan fingerprint density at radius 1 is 1.07 bits per heavy atom. The first-order valence-corrected chi connectivity index (χ1v) is 10.0. The van der Waals surface area contributed by atoms with Gasteiger partial charge >= 0.3 is 0 Å². The summed E-state index contributed by atoms with van der Waals surface area (Å²) in [6.45, 7) is 1.16. The molecule has 0 radical (unpaired) electrons. The topological polar surface area (TPSA) is 34.5 Å². The van der Waals surface area contributed by atoms with Crippen LogP contribution in [0.15, 0.2) is 72.1 Å². The molecule has 28 heavy (non-hydrogen) atoms. The van der Waals surface area contributed by atoms with E-state index in [9.17, 15) is 4.79 Å². The summed E-state index contributed by atoms with van der Waals surface area (Å²) in [5, 5.41) is 2.06. The molecule has 4 aromatic rings. The molecule has 142 valence electrons. The van der Waals surface area contributed by atoms with Crippen LogP contribution in [-0.4, -0.2) is 29.5 Å². The number of amides is 1. The third kappa shape index (κ3) is 3.53. The standard InChI is InChI=1S/C23H22N2O2S/c1-24(15-17-8-4-3-5-9-17)23(26)20-14-22-19(12-13-28-22)25(20)16-18-10-6-7-11-21(18)27-2/h3-14H,15-16H2,1-2H3. The molecule has 2 aromatic heterocycles. The Kier molecular flexibility index (Phi) is 5.17. The molecule has 0 spiro atoms. The molecular formula is C23H22N2O2S. The predicted molar refractivity (Wildman–Crippen MR) is 114 cm³/mol. The molecule has 4 nitrogen and oxygen atoms in total. The summed E-state index contributed by atoms with van der Waals surface area (Å²) in [5.74, 6) is 0.845. The fourth-order valence-corrected chi connectivity index (χ4v) is 4.28. The summed E-state index contributed by atoms with van der Waals surface area (Å²) < 4.78 is 8.72. The number of aromatic nitrogens is 1. The number of benzene rings is 2. The quantitative estimate of drug-likeness (QED) is 0.463. The number of fused-ring (bicyclic) bond motifs is 1. The zero-order valence-corrected chi connectivity index (χ0v) is 16.8. The minimum absolute atomic E-state index is 0.0159. The van der Waals surface area contributed by atoms with Crippen LogP contribution in [0.5, 0.6) is 5.75 Å². The maximum absolute atomic E-state index is 13.3. The molecule has 0 saturated heterocycles. The summed E-state index contributed by atoms with van der Waals surface area (Å²) >= 11 is 1.65. The van der Waals surface area contributed by atoms with E-state index in [0.29, 0.717) is 18.8 Å². The van der Waals surface area contributed by atoms with E-state index in [1.54, 1.807) is 23.3 Å². The molecule has 0 unspecified atom stereocenters. The number of hydrogen-bond acceptors (Lipinski definition) is 3. The van der Waals surface area contributed by atoms with Crippen molar-refractivity contribution < 1.29 is 9.53 Å². The number of hydrogen-bond donors (Lipinski definition) is 0. The van der Waals surface area contributed by atoms with Crippen LogP contribution < -0.4 is 4.74 Å². The van der Waals surface area contributed by atoms with E-state index in [4.69, 9.17) is 4.74 Å². The van der Waals surface area contributed by atoms with Gasteiger partial charge < -0.3 is 14.2 Å². The predicted octanol–water partition coefficient (Wildman–Crippen LogP) is 5.03. The highest BCUT2D eigenvalue weighted by Crippen LogP contribution is 2.29. The number of ether oxygens (including phenoxy) is 1. The molecule has 4 rings (SSSR count). The molecule has 0 aliphatic heterocycles. The van der Waals surface area contributed by atoms with Gasteiger partial charge in [0.1, 0.15) is 11.4 Å². The third-order valence-electron chi connectivity index (χ3n) is 4.87. The van der Waals surface area contributed by atoms with Crippen molar-refractivity contribution in [3.8, 4) is 5.75 Å². The molecule has 0 atom stereocenters. The van der Waals surface area contributed by atoms with Gasteiger partial charge in [-0.15, -0.1) is 11.3 Å². The Bertz CT molecular complexity index is 1100. The number of nitrogens with zero attached hydrogens (tertiary/aromatic N) is 2. The summed E-state index contributed by atoms with van der Waals surface area (Å²) in [4.78, 5) is 15.0. The maximum atomic E-state index is 13.3. The van der Waals surface area contributed by atoms with Crippen LogP contribution in [0.2, 0.25) is 0 Å². The van der Waals surface area contributed by atoms with Crippen molar-refractivity contribution in [3.05, 3.63) is 88.9 Å².